The first-order chi connectivity index (χ1) is 20.1. The summed E-state index contributed by atoms with van der Waals surface area (Å²) < 4.78 is 1.16. The van der Waals surface area contributed by atoms with Crippen molar-refractivity contribution in [3.63, 3.8) is 0 Å². The molecule has 0 heterocycles. The fourth-order valence-electron chi connectivity index (χ4n) is 7.12. The molecular weight excluding hydrogens is 659 g/mol. The maximum atomic E-state index is 2.65. The molecule has 5 aromatic rings. The molecule has 0 bridgehead atoms. The van der Waals surface area contributed by atoms with Crippen LogP contribution in [0.15, 0.2) is 139 Å². The van der Waals surface area contributed by atoms with E-state index in [2.05, 4.69) is 160 Å². The summed E-state index contributed by atoms with van der Waals surface area (Å²) in [5.74, 6) is 0. The van der Waals surface area contributed by atoms with Gasteiger partial charge in [-0.3, -0.25) is 0 Å². The van der Waals surface area contributed by atoms with Crippen LogP contribution in [0.5, 0.6) is 0 Å². The van der Waals surface area contributed by atoms with Crippen LogP contribution in [0.1, 0.15) is 43.4 Å². The van der Waals surface area contributed by atoms with Crippen LogP contribution in [0.2, 0.25) is 6.55 Å². The van der Waals surface area contributed by atoms with Crippen LogP contribution in [-0.4, -0.2) is 5.43 Å². The molecule has 0 aromatic heterocycles. The maximum absolute atomic E-state index is 2.65. The Hall–Kier alpha value is -2.74. The summed E-state index contributed by atoms with van der Waals surface area (Å²) in [6, 6.07) is 47.6. The van der Waals surface area contributed by atoms with E-state index >= 15 is 0 Å². The molecule has 0 saturated heterocycles. The molecule has 2 aliphatic rings. The first kappa shape index (κ1) is 31.7. The van der Waals surface area contributed by atoms with E-state index in [1.807, 2.05) is 0 Å². The van der Waals surface area contributed by atoms with Crippen LogP contribution < -0.4 is 30.0 Å². The molecule has 0 saturated carbocycles. The normalized spacial score (nSPS) is 16.0. The van der Waals surface area contributed by atoms with Gasteiger partial charge in [-0.25, -0.2) is 0 Å². The van der Waals surface area contributed by atoms with Crippen LogP contribution >= 0.6 is 0 Å². The number of allylic oxidation sites excluding steroid dienone is 2. The van der Waals surface area contributed by atoms with Gasteiger partial charge in [0.1, 0.15) is 0 Å². The third-order valence-electron chi connectivity index (χ3n) is 8.99. The van der Waals surface area contributed by atoms with Gasteiger partial charge in [-0.15, -0.1) is 0 Å². The van der Waals surface area contributed by atoms with E-state index < -0.39 is 25.8 Å². The molecule has 0 nitrogen and oxygen atoms in total. The van der Waals surface area contributed by atoms with E-state index in [9.17, 15) is 0 Å². The van der Waals surface area contributed by atoms with Crippen LogP contribution in [0.4, 0.5) is 0 Å². The first-order valence-corrected chi connectivity index (χ1v) is 23.1. The van der Waals surface area contributed by atoms with Gasteiger partial charge >= 0.3 is 254 Å². The van der Waals surface area contributed by atoms with Crippen molar-refractivity contribution in [2.24, 2.45) is 0 Å². The van der Waals surface area contributed by atoms with Gasteiger partial charge in [0.25, 0.3) is 0 Å². The molecule has 43 heavy (non-hydrogen) atoms. The first-order valence-electron chi connectivity index (χ1n) is 14.6. The van der Waals surface area contributed by atoms with E-state index in [0.717, 1.165) is 0 Å². The molecule has 0 radical (unpaired) electrons. The number of fused-ring (bicyclic) bond motifs is 2. The number of hydrogen-bond donors (Lipinski definition) is 0. The molecule has 2 atom stereocenters. The number of benzene rings is 5. The second kappa shape index (κ2) is 13.5. The van der Waals surface area contributed by atoms with E-state index in [1.165, 1.54) is 33.4 Å². The minimum atomic E-state index is -2.34. The summed E-state index contributed by atoms with van der Waals surface area (Å²) in [6.07, 6.45) is 5.08. The monoisotopic (exact) mass is 690 g/mol. The van der Waals surface area contributed by atoms with Gasteiger partial charge in [0.2, 0.25) is 0 Å². The SMILES string of the molecule is CC1=Cc2c(-c3ccccc3)cccc2[CH]1[Zr+2]([CH]1C(C)=Cc2c(-c3ccccc3)cccc21)=[Si](C)c1ccccc1.[Cl-].[Cl-]. The molecule has 0 spiro atoms. The average molecular weight is 693 g/mol. The van der Waals surface area contributed by atoms with Crippen LogP contribution in [-0.2, 0) is 20.4 Å². The van der Waals surface area contributed by atoms with Crippen molar-refractivity contribution in [2.75, 3.05) is 0 Å². The zero-order valence-corrected chi connectivity index (χ0v) is 29.7. The van der Waals surface area contributed by atoms with Crippen molar-refractivity contribution in [3.8, 4) is 22.3 Å². The molecule has 5 aromatic carbocycles. The smallest absolute Gasteiger partial charge is 1.00 e. The van der Waals surface area contributed by atoms with Crippen molar-refractivity contribution < 1.29 is 45.2 Å². The van der Waals surface area contributed by atoms with Crippen LogP contribution in [0, 0.1) is 0 Å². The standard InChI is InChI=1S/2C16H13.C7H8Si.2ClH.Zr/c2*1-12-10-14-8-5-9-15(16(14)11-12)13-6-3-2-4-7-13;1-8-7-5-3-2-4-6-7;;;/h2*2-11H,1H3;2-6H,1H3;2*1H;/q;;;;;+2/p-2. The molecule has 7 rings (SSSR count). The predicted molar refractivity (Wildman–Crippen MR) is 174 cm³/mol. The summed E-state index contributed by atoms with van der Waals surface area (Å²) in [7, 11) is 0. The summed E-state index contributed by atoms with van der Waals surface area (Å²) in [4.78, 5) is 0. The molecule has 4 heteroatoms. The van der Waals surface area contributed by atoms with Crippen LogP contribution in [0.25, 0.3) is 34.4 Å². The Labute approximate surface area is 276 Å². The molecule has 0 fully saturated rings. The number of halogens is 2. The topological polar surface area (TPSA) is 0 Å². The zero-order valence-electron chi connectivity index (χ0n) is 24.7. The minimum Gasteiger partial charge on any atom is -1.00 e. The van der Waals surface area contributed by atoms with Crippen molar-refractivity contribution in [1.29, 1.82) is 0 Å². The summed E-state index contributed by atoms with van der Waals surface area (Å²) in [6.45, 7) is 7.50. The van der Waals surface area contributed by atoms with Crippen LogP contribution in [0.3, 0.4) is 0 Å². The maximum Gasteiger partial charge on any atom is -1.00 e. The molecular formula is C39H34Cl2SiZr. The van der Waals surface area contributed by atoms with E-state index in [4.69, 9.17) is 0 Å². The van der Waals surface area contributed by atoms with Gasteiger partial charge in [-0.2, -0.15) is 0 Å². The number of hydrogen-bond acceptors (Lipinski definition) is 0. The van der Waals surface area contributed by atoms with Crippen molar-refractivity contribution in [3.05, 3.63) is 161 Å². The largest absolute Gasteiger partial charge is 1.00 e. The Morgan fingerprint density at radius 1 is 0.488 bits per heavy atom. The zero-order chi connectivity index (χ0) is 27.9. The van der Waals surface area contributed by atoms with Gasteiger partial charge in [0.15, 0.2) is 0 Å². The summed E-state index contributed by atoms with van der Waals surface area (Å²) >= 11 is -2.34. The molecule has 0 aliphatic heterocycles. The third-order valence-corrected chi connectivity index (χ3v) is 29.8. The Kier molecular flexibility index (Phi) is 9.94. The van der Waals surface area contributed by atoms with Crippen molar-refractivity contribution >= 4 is 22.8 Å². The minimum absolute atomic E-state index is 0. The third kappa shape index (κ3) is 5.76. The van der Waals surface area contributed by atoms with E-state index in [1.54, 1.807) is 27.5 Å². The van der Waals surface area contributed by atoms with Gasteiger partial charge in [-0.1, -0.05) is 0 Å². The molecule has 0 N–H and O–H groups in total. The molecule has 2 aliphatic carbocycles. The molecule has 0 amide bonds. The quantitative estimate of drug-likeness (QED) is 0.246. The Morgan fingerprint density at radius 2 is 0.884 bits per heavy atom. The summed E-state index contributed by atoms with van der Waals surface area (Å²) in [5, 5.41) is 1.60. The average Bonchev–Trinajstić information content (AvgIpc) is 3.54. The summed E-state index contributed by atoms with van der Waals surface area (Å²) in [5.41, 5.74) is 13.9. The fourth-order valence-corrected chi connectivity index (χ4v) is 30.1. The van der Waals surface area contributed by atoms with Crippen molar-refractivity contribution in [2.45, 2.75) is 27.6 Å². The van der Waals surface area contributed by atoms with Gasteiger partial charge in [-0.05, 0) is 0 Å². The van der Waals surface area contributed by atoms with Gasteiger partial charge in [0, 0.05) is 0 Å². The van der Waals surface area contributed by atoms with Gasteiger partial charge < -0.3 is 24.8 Å². The molecule has 212 valence electrons. The Morgan fingerprint density at radius 3 is 1.30 bits per heavy atom. The van der Waals surface area contributed by atoms with Crippen molar-refractivity contribution in [1.82, 2.24) is 0 Å². The molecule has 2 unspecified atom stereocenters. The predicted octanol–water partition coefficient (Wildman–Crippen LogP) is 3.79. The van der Waals surface area contributed by atoms with E-state index in [0.29, 0.717) is 7.25 Å². The Balaban J connectivity index is 0.00000184. The van der Waals surface area contributed by atoms with E-state index in [-0.39, 0.29) is 24.8 Å². The Bertz CT molecular complexity index is 1750. The van der Waals surface area contributed by atoms with Gasteiger partial charge in [0.05, 0.1) is 0 Å². The number of rotatable bonds is 5. The fraction of sp³-hybridized carbons (Fsp3) is 0.128. The second-order valence-corrected chi connectivity index (χ2v) is 27.3. The second-order valence-electron chi connectivity index (χ2n) is 11.4.